The Morgan fingerprint density at radius 2 is 1.27 bits per heavy atom. The van der Waals surface area contributed by atoms with Crippen LogP contribution < -0.4 is 10.6 Å². The smallest absolute Gasteiger partial charge is 0.321 e. The summed E-state index contributed by atoms with van der Waals surface area (Å²) < 4.78 is 0. The summed E-state index contributed by atoms with van der Waals surface area (Å²) in [7, 11) is 0. The Kier molecular flexibility index (Phi) is 3.88. The second kappa shape index (κ2) is 5.87. The molecule has 2 saturated carbocycles. The molecule has 2 N–H and O–H groups in total. The van der Waals surface area contributed by atoms with Crippen LogP contribution in [0.2, 0.25) is 0 Å². The van der Waals surface area contributed by atoms with Gasteiger partial charge in [0.25, 0.3) is 0 Å². The van der Waals surface area contributed by atoms with Gasteiger partial charge in [-0.25, -0.2) is 4.79 Å². The van der Waals surface area contributed by atoms with Crippen LogP contribution in [0.15, 0.2) is 0 Å². The molecule has 2 aliphatic carbocycles. The van der Waals surface area contributed by atoms with Gasteiger partial charge in [0.1, 0.15) is 12.3 Å². The predicted molar refractivity (Wildman–Crippen MR) is 89.3 cm³/mol. The van der Waals surface area contributed by atoms with Crippen molar-refractivity contribution in [3.63, 3.8) is 0 Å². The molecule has 4 fully saturated rings. The monoisotopic (exact) mass is 322 g/mol. The molecule has 2 unspecified atom stereocenters. The van der Waals surface area contributed by atoms with E-state index in [-0.39, 0.29) is 18.4 Å². The van der Waals surface area contributed by atoms with E-state index >= 15 is 0 Å². The molecule has 2 saturated heterocycles. The van der Waals surface area contributed by atoms with Gasteiger partial charge in [-0.15, -0.1) is 0 Å². The van der Waals surface area contributed by atoms with E-state index < -0.39 is 0 Å². The van der Waals surface area contributed by atoms with Gasteiger partial charge in [-0.3, -0.25) is 4.90 Å². The number of hydrogen-bond acceptors (Lipinski definition) is 2. The molecule has 4 aliphatic rings. The van der Waals surface area contributed by atoms with Gasteiger partial charge in [0.05, 0.1) is 0 Å². The minimum Gasteiger partial charge on any atom is -0.339 e. The minimum atomic E-state index is 0.0324. The second-order valence-corrected chi connectivity index (χ2v) is 7.57. The molecule has 122 valence electrons. The molecule has 4 rings (SSSR count). The molecule has 2 heterocycles. The first-order valence-electron chi connectivity index (χ1n) is 8.93. The number of nitrogens with one attached hydrogen (secondary N) is 2. The van der Waals surface area contributed by atoms with Gasteiger partial charge in [0.2, 0.25) is 0 Å². The zero-order chi connectivity index (χ0) is 15.1. The van der Waals surface area contributed by atoms with Crippen LogP contribution in [0.5, 0.6) is 0 Å². The first kappa shape index (κ1) is 14.5. The highest BCUT2D eigenvalue weighted by Gasteiger charge is 2.52. The second-order valence-electron chi connectivity index (χ2n) is 7.19. The van der Waals surface area contributed by atoms with Crippen LogP contribution in [0, 0.1) is 0 Å². The summed E-state index contributed by atoms with van der Waals surface area (Å²) >= 11 is 5.61. The largest absolute Gasteiger partial charge is 0.339 e. The molecular formula is C16H26N4OS. The van der Waals surface area contributed by atoms with Crippen LogP contribution in [0.25, 0.3) is 0 Å². The lowest BCUT2D eigenvalue weighted by Gasteiger charge is -2.35. The number of urea groups is 1. The van der Waals surface area contributed by atoms with Gasteiger partial charge in [-0.1, -0.05) is 38.5 Å². The lowest BCUT2D eigenvalue weighted by atomic mass is 9.93. The lowest BCUT2D eigenvalue weighted by molar-refractivity contribution is 0.128. The number of carbonyl (C=O) groups excluding carboxylic acids is 1. The molecule has 2 aliphatic heterocycles. The number of nitrogens with zero attached hydrogens (tertiary/aromatic N) is 2. The molecule has 0 radical (unpaired) electrons. The Bertz CT molecular complexity index is 417. The third kappa shape index (κ3) is 2.36. The van der Waals surface area contributed by atoms with Crippen molar-refractivity contribution in [1.29, 1.82) is 0 Å². The Labute approximate surface area is 137 Å². The summed E-state index contributed by atoms with van der Waals surface area (Å²) in [6.07, 6.45) is 12.4. The zero-order valence-corrected chi connectivity index (χ0v) is 13.9. The third-order valence-electron chi connectivity index (χ3n) is 5.85. The number of rotatable bonds is 2. The zero-order valence-electron chi connectivity index (χ0n) is 13.1. The molecule has 2 atom stereocenters. The summed E-state index contributed by atoms with van der Waals surface area (Å²) in [6, 6.07) is 0.971. The van der Waals surface area contributed by atoms with Gasteiger partial charge in [0.15, 0.2) is 5.11 Å². The Morgan fingerprint density at radius 3 is 1.86 bits per heavy atom. The maximum absolute atomic E-state index is 12.5. The van der Waals surface area contributed by atoms with Crippen molar-refractivity contribution in [2.45, 2.75) is 88.6 Å². The van der Waals surface area contributed by atoms with Crippen LogP contribution in [0.4, 0.5) is 4.79 Å². The molecule has 2 amide bonds. The fourth-order valence-corrected chi connectivity index (χ4v) is 5.14. The summed E-state index contributed by atoms with van der Waals surface area (Å²) in [5.74, 6) is 0. The lowest BCUT2D eigenvalue weighted by Crippen LogP contribution is -2.49. The highest BCUT2D eigenvalue weighted by molar-refractivity contribution is 7.80. The molecule has 5 nitrogen and oxygen atoms in total. The fraction of sp³-hybridized carbons (Fsp3) is 0.875. The topological polar surface area (TPSA) is 47.6 Å². The highest BCUT2D eigenvalue weighted by Crippen LogP contribution is 2.33. The van der Waals surface area contributed by atoms with Gasteiger partial charge >= 0.3 is 6.03 Å². The molecular weight excluding hydrogens is 296 g/mol. The van der Waals surface area contributed by atoms with Gasteiger partial charge < -0.3 is 15.5 Å². The van der Waals surface area contributed by atoms with E-state index in [1.54, 1.807) is 0 Å². The number of carbonyl (C=O) groups is 1. The maximum atomic E-state index is 12.5. The van der Waals surface area contributed by atoms with Crippen molar-refractivity contribution < 1.29 is 4.79 Å². The third-order valence-corrected chi connectivity index (χ3v) is 6.18. The number of amides is 2. The molecule has 0 aromatic rings. The molecule has 0 aromatic heterocycles. The first-order valence-corrected chi connectivity index (χ1v) is 9.34. The molecule has 6 heteroatoms. The Balaban J connectivity index is 1.52. The SMILES string of the molecule is O=C1NC2C(NC(=S)N2C2CCCCC2)N1C1CCCCC1. The van der Waals surface area contributed by atoms with Crippen LogP contribution in [0.1, 0.15) is 64.2 Å². The molecule has 0 bridgehead atoms. The van der Waals surface area contributed by atoms with E-state index in [4.69, 9.17) is 12.2 Å². The van der Waals surface area contributed by atoms with Gasteiger partial charge in [0, 0.05) is 12.1 Å². The van der Waals surface area contributed by atoms with E-state index in [0.29, 0.717) is 12.1 Å². The van der Waals surface area contributed by atoms with E-state index in [9.17, 15) is 4.79 Å². The number of thiocarbonyl (C=S) groups is 1. The quantitative estimate of drug-likeness (QED) is 0.767. The first-order chi connectivity index (χ1) is 10.8. The van der Waals surface area contributed by atoms with E-state index in [0.717, 1.165) is 18.0 Å². The summed E-state index contributed by atoms with van der Waals surface area (Å²) in [4.78, 5) is 16.9. The van der Waals surface area contributed by atoms with Crippen molar-refractivity contribution in [2.24, 2.45) is 0 Å². The van der Waals surface area contributed by atoms with Crippen LogP contribution in [-0.2, 0) is 0 Å². The predicted octanol–water partition coefficient (Wildman–Crippen LogP) is 2.52. The van der Waals surface area contributed by atoms with Crippen molar-refractivity contribution >= 4 is 23.4 Å². The molecule has 0 spiro atoms. The summed E-state index contributed by atoms with van der Waals surface area (Å²) in [5.41, 5.74) is 0. The standard InChI is InChI=1S/C16H26N4OS/c21-15-17-13-14(19(15)11-7-3-1-4-8-11)18-16(22)20(13)12-9-5-2-6-10-12/h11-14H,1-10H2,(H,17,21)(H,18,22). The summed E-state index contributed by atoms with van der Waals surface area (Å²) in [6.45, 7) is 0. The van der Waals surface area contributed by atoms with Crippen molar-refractivity contribution in [1.82, 2.24) is 20.4 Å². The van der Waals surface area contributed by atoms with E-state index in [1.165, 1.54) is 51.4 Å². The summed E-state index contributed by atoms with van der Waals surface area (Å²) in [5, 5.41) is 7.48. The number of fused-ring (bicyclic) bond motifs is 1. The maximum Gasteiger partial charge on any atom is 0.321 e. The molecule has 22 heavy (non-hydrogen) atoms. The highest BCUT2D eigenvalue weighted by atomic mass is 32.1. The molecule has 0 aromatic carbocycles. The van der Waals surface area contributed by atoms with E-state index in [2.05, 4.69) is 20.4 Å². The van der Waals surface area contributed by atoms with Crippen molar-refractivity contribution in [3.05, 3.63) is 0 Å². The Hall–Kier alpha value is -1.04. The van der Waals surface area contributed by atoms with Crippen molar-refractivity contribution in [2.75, 3.05) is 0 Å². The van der Waals surface area contributed by atoms with Crippen molar-refractivity contribution in [3.8, 4) is 0 Å². The fourth-order valence-electron chi connectivity index (χ4n) is 4.76. The van der Waals surface area contributed by atoms with E-state index in [1.807, 2.05) is 0 Å². The van der Waals surface area contributed by atoms with Crippen LogP contribution in [0.3, 0.4) is 0 Å². The minimum absolute atomic E-state index is 0.0324. The average molecular weight is 322 g/mol. The van der Waals surface area contributed by atoms with Crippen LogP contribution in [-0.4, -0.2) is 45.4 Å². The van der Waals surface area contributed by atoms with Gasteiger partial charge in [-0.05, 0) is 37.9 Å². The number of hydrogen-bond donors (Lipinski definition) is 2. The van der Waals surface area contributed by atoms with Gasteiger partial charge in [-0.2, -0.15) is 0 Å². The average Bonchev–Trinajstić information content (AvgIpc) is 3.01. The normalized spacial score (nSPS) is 33.8. The Morgan fingerprint density at radius 1 is 0.773 bits per heavy atom. The van der Waals surface area contributed by atoms with Crippen LogP contribution >= 0.6 is 12.2 Å².